The number of nitrogen functional groups attached to an aromatic ring is 1. The van der Waals surface area contributed by atoms with Gasteiger partial charge in [-0.25, -0.2) is 19.9 Å². The van der Waals surface area contributed by atoms with Gasteiger partial charge >= 0.3 is 0 Å². The molecule has 10 heteroatoms. The SMILES string of the molecule is Cc1cnc2ccc(-c3nc(C(=O)NC[C@@H]4CCCO4)c(N)nc3-c3ncco3)cn12. The molecule has 1 fully saturated rings. The Bertz CT molecular complexity index is 1240. The van der Waals surface area contributed by atoms with Gasteiger partial charge in [-0.1, -0.05) is 0 Å². The molecule has 31 heavy (non-hydrogen) atoms. The highest BCUT2D eigenvalue weighted by atomic mass is 16.5. The van der Waals surface area contributed by atoms with Gasteiger partial charge in [-0.15, -0.1) is 0 Å². The van der Waals surface area contributed by atoms with Crippen molar-refractivity contribution in [3.63, 3.8) is 0 Å². The van der Waals surface area contributed by atoms with Gasteiger partial charge in [-0.05, 0) is 31.9 Å². The first-order valence-corrected chi connectivity index (χ1v) is 10.0. The Hall–Kier alpha value is -3.79. The number of oxazole rings is 1. The molecule has 10 nitrogen and oxygen atoms in total. The second-order valence-electron chi connectivity index (χ2n) is 7.38. The number of hydrogen-bond donors (Lipinski definition) is 2. The maximum atomic E-state index is 12.8. The lowest BCUT2D eigenvalue weighted by atomic mass is 10.1. The molecule has 1 atom stereocenters. The monoisotopic (exact) mass is 419 g/mol. The highest BCUT2D eigenvalue weighted by Gasteiger charge is 2.23. The van der Waals surface area contributed by atoms with Crippen LogP contribution in [0.15, 0.2) is 41.4 Å². The van der Waals surface area contributed by atoms with Crippen molar-refractivity contribution in [3.8, 4) is 22.8 Å². The Labute approximate surface area is 177 Å². The van der Waals surface area contributed by atoms with E-state index in [-0.39, 0.29) is 23.5 Å². The first-order chi connectivity index (χ1) is 15.1. The fraction of sp³-hybridized carbons (Fsp3) is 0.286. The van der Waals surface area contributed by atoms with Gasteiger partial charge in [0.2, 0.25) is 5.89 Å². The number of aryl methyl sites for hydroxylation is 1. The van der Waals surface area contributed by atoms with Crippen LogP contribution in [0.1, 0.15) is 29.0 Å². The fourth-order valence-electron chi connectivity index (χ4n) is 3.64. The van der Waals surface area contributed by atoms with Crippen LogP contribution >= 0.6 is 0 Å². The molecule has 4 aromatic heterocycles. The van der Waals surface area contributed by atoms with Crippen LogP contribution in [0.4, 0.5) is 5.82 Å². The third-order valence-electron chi connectivity index (χ3n) is 5.25. The third-order valence-corrected chi connectivity index (χ3v) is 5.25. The summed E-state index contributed by atoms with van der Waals surface area (Å²) in [6, 6.07) is 3.74. The second kappa shape index (κ2) is 7.80. The first kappa shape index (κ1) is 19.2. The van der Waals surface area contributed by atoms with Gasteiger partial charge in [0.15, 0.2) is 17.2 Å². The smallest absolute Gasteiger partial charge is 0.273 e. The molecule has 1 aliphatic heterocycles. The number of pyridine rings is 1. The van der Waals surface area contributed by atoms with Crippen LogP contribution in [-0.4, -0.2) is 49.5 Å². The number of anilines is 1. The zero-order valence-corrected chi connectivity index (χ0v) is 16.9. The molecule has 158 valence electrons. The van der Waals surface area contributed by atoms with Crippen LogP contribution < -0.4 is 11.1 Å². The van der Waals surface area contributed by atoms with E-state index in [1.165, 1.54) is 12.5 Å². The zero-order chi connectivity index (χ0) is 21.4. The zero-order valence-electron chi connectivity index (χ0n) is 16.9. The number of amides is 1. The lowest BCUT2D eigenvalue weighted by Crippen LogP contribution is -2.33. The van der Waals surface area contributed by atoms with Gasteiger partial charge in [0.05, 0.1) is 12.3 Å². The average molecular weight is 419 g/mol. The van der Waals surface area contributed by atoms with Crippen LogP contribution in [0.3, 0.4) is 0 Å². The molecule has 0 radical (unpaired) electrons. The van der Waals surface area contributed by atoms with E-state index >= 15 is 0 Å². The molecule has 0 unspecified atom stereocenters. The van der Waals surface area contributed by atoms with Crippen molar-refractivity contribution in [2.24, 2.45) is 0 Å². The summed E-state index contributed by atoms with van der Waals surface area (Å²) in [5, 5.41) is 2.85. The topological polar surface area (TPSA) is 133 Å². The van der Waals surface area contributed by atoms with E-state index in [2.05, 4.69) is 25.3 Å². The minimum Gasteiger partial charge on any atom is -0.443 e. The van der Waals surface area contributed by atoms with Crippen molar-refractivity contribution in [1.29, 1.82) is 0 Å². The third kappa shape index (κ3) is 3.61. The van der Waals surface area contributed by atoms with Crippen LogP contribution in [0, 0.1) is 6.92 Å². The van der Waals surface area contributed by atoms with Gasteiger partial charge in [-0.2, -0.15) is 0 Å². The number of carbonyl (C=O) groups excluding carboxylic acids is 1. The number of aromatic nitrogens is 5. The molecule has 3 N–H and O–H groups in total. The van der Waals surface area contributed by atoms with Crippen molar-refractivity contribution in [2.45, 2.75) is 25.9 Å². The van der Waals surface area contributed by atoms with Crippen molar-refractivity contribution in [2.75, 3.05) is 18.9 Å². The molecule has 5 heterocycles. The lowest BCUT2D eigenvalue weighted by molar-refractivity contribution is 0.0854. The van der Waals surface area contributed by atoms with Crippen LogP contribution in [0.5, 0.6) is 0 Å². The molecule has 0 aromatic carbocycles. The van der Waals surface area contributed by atoms with E-state index < -0.39 is 5.91 Å². The minimum absolute atomic E-state index is 0.00156. The van der Waals surface area contributed by atoms with Crippen molar-refractivity contribution in [1.82, 2.24) is 29.7 Å². The summed E-state index contributed by atoms with van der Waals surface area (Å²) in [4.78, 5) is 30.4. The Morgan fingerprint density at radius 2 is 2.19 bits per heavy atom. The molecule has 1 saturated heterocycles. The molecule has 1 amide bonds. The molecular formula is C21H21N7O3. The highest BCUT2D eigenvalue weighted by Crippen LogP contribution is 2.30. The van der Waals surface area contributed by atoms with Crippen molar-refractivity contribution >= 4 is 17.4 Å². The van der Waals surface area contributed by atoms with Crippen LogP contribution in [-0.2, 0) is 4.74 Å². The van der Waals surface area contributed by atoms with E-state index in [0.29, 0.717) is 24.5 Å². The summed E-state index contributed by atoms with van der Waals surface area (Å²) in [5.74, 6) is -0.134. The fourth-order valence-corrected chi connectivity index (χ4v) is 3.64. The Morgan fingerprint density at radius 1 is 1.29 bits per heavy atom. The summed E-state index contributed by atoms with van der Waals surface area (Å²) in [7, 11) is 0. The van der Waals surface area contributed by atoms with Crippen molar-refractivity contribution in [3.05, 3.63) is 48.4 Å². The predicted octanol–water partition coefficient (Wildman–Crippen LogP) is 2.25. The van der Waals surface area contributed by atoms with Gasteiger partial charge in [0.1, 0.15) is 17.6 Å². The number of rotatable bonds is 5. The summed E-state index contributed by atoms with van der Waals surface area (Å²) >= 11 is 0. The van der Waals surface area contributed by atoms with Crippen molar-refractivity contribution < 1.29 is 13.9 Å². The molecule has 5 rings (SSSR count). The second-order valence-corrected chi connectivity index (χ2v) is 7.38. The van der Waals surface area contributed by atoms with E-state index in [0.717, 1.165) is 29.7 Å². The molecule has 0 aliphatic carbocycles. The van der Waals surface area contributed by atoms with Crippen LogP contribution in [0.25, 0.3) is 28.5 Å². The summed E-state index contributed by atoms with van der Waals surface area (Å²) in [6.45, 7) is 3.07. The summed E-state index contributed by atoms with van der Waals surface area (Å²) in [6.07, 6.45) is 8.56. The Kier molecular flexibility index (Phi) is 4.83. The van der Waals surface area contributed by atoms with E-state index in [9.17, 15) is 4.79 Å². The molecule has 0 bridgehead atoms. The van der Waals surface area contributed by atoms with E-state index in [1.54, 1.807) is 6.20 Å². The van der Waals surface area contributed by atoms with E-state index in [4.69, 9.17) is 14.9 Å². The Morgan fingerprint density at radius 3 is 2.97 bits per heavy atom. The predicted molar refractivity (Wildman–Crippen MR) is 112 cm³/mol. The number of nitrogens with two attached hydrogens (primary N) is 1. The largest absolute Gasteiger partial charge is 0.443 e. The lowest BCUT2D eigenvalue weighted by Gasteiger charge is -2.13. The highest BCUT2D eigenvalue weighted by molar-refractivity contribution is 5.97. The number of nitrogens with one attached hydrogen (secondary N) is 1. The average Bonchev–Trinajstić information content (AvgIpc) is 3.55. The standard InChI is InChI=1S/C21H21N7O3/c1-12-9-24-15-5-4-13(11-28(12)15)16-17(21-23-6-8-31-21)27-19(22)18(26-16)20(29)25-10-14-3-2-7-30-14/h4-6,8-9,11,14H,2-3,7,10H2,1H3,(H2,22,27)(H,25,29)/t14-/m0/s1. The molecule has 0 spiro atoms. The number of imidazole rings is 1. The summed E-state index contributed by atoms with van der Waals surface area (Å²) in [5.41, 5.74) is 9.44. The van der Waals surface area contributed by atoms with Gasteiger partial charge in [0, 0.05) is 36.8 Å². The molecule has 0 saturated carbocycles. The van der Waals surface area contributed by atoms with Crippen LogP contribution in [0.2, 0.25) is 0 Å². The van der Waals surface area contributed by atoms with Gasteiger partial charge in [-0.3, -0.25) is 4.79 Å². The maximum absolute atomic E-state index is 12.8. The molecule has 1 aliphatic rings. The number of nitrogens with zero attached hydrogens (tertiary/aromatic N) is 5. The normalized spacial score (nSPS) is 16.1. The number of hydrogen-bond acceptors (Lipinski definition) is 8. The Balaban J connectivity index is 1.57. The summed E-state index contributed by atoms with van der Waals surface area (Å²) < 4.78 is 12.9. The first-order valence-electron chi connectivity index (χ1n) is 10.0. The molecular weight excluding hydrogens is 398 g/mol. The number of carbonyl (C=O) groups is 1. The minimum atomic E-state index is -0.402. The number of ether oxygens (including phenoxy) is 1. The maximum Gasteiger partial charge on any atom is 0.273 e. The molecule has 4 aromatic rings. The van der Waals surface area contributed by atoms with E-state index in [1.807, 2.05) is 29.7 Å². The van der Waals surface area contributed by atoms with Gasteiger partial charge in [0.25, 0.3) is 5.91 Å². The van der Waals surface area contributed by atoms with Gasteiger partial charge < -0.3 is 24.6 Å². The number of fused-ring (bicyclic) bond motifs is 1. The quantitative estimate of drug-likeness (QED) is 0.503.